The topological polar surface area (TPSA) is 68.1 Å². The van der Waals surface area contributed by atoms with Gasteiger partial charge in [-0.05, 0) is 73.4 Å². The van der Waals surface area contributed by atoms with E-state index in [2.05, 4.69) is 24.0 Å². The summed E-state index contributed by atoms with van der Waals surface area (Å²) in [5.41, 5.74) is 3.05. The summed E-state index contributed by atoms with van der Waals surface area (Å²) >= 11 is 0. The minimum absolute atomic E-state index is 0.0121. The molecule has 3 aromatic carbocycles. The molecule has 0 aromatic heterocycles. The zero-order valence-corrected chi connectivity index (χ0v) is 18.6. The van der Waals surface area contributed by atoms with Crippen molar-refractivity contribution in [2.45, 2.75) is 39.5 Å². The highest BCUT2D eigenvalue weighted by Gasteiger charge is 2.10. The Balaban J connectivity index is 1.60. The molecule has 0 saturated carbocycles. The fourth-order valence-corrected chi connectivity index (χ4v) is 3.04. The van der Waals surface area contributed by atoms with Crippen molar-refractivity contribution < 1.29 is 19.4 Å². The van der Waals surface area contributed by atoms with Crippen molar-refractivity contribution in [3.05, 3.63) is 83.4 Å². The van der Waals surface area contributed by atoms with Crippen LogP contribution in [-0.2, 0) is 6.42 Å². The average Bonchev–Trinajstić information content (AvgIpc) is 2.82. The van der Waals surface area contributed by atoms with Crippen LogP contribution in [0.5, 0.6) is 17.2 Å². The number of phenols is 1. The Morgan fingerprint density at radius 2 is 1.66 bits per heavy atom. The third-order valence-corrected chi connectivity index (χ3v) is 4.88. The molecule has 1 N–H and O–H groups in total. The zero-order chi connectivity index (χ0) is 22.8. The largest absolute Gasteiger partial charge is 0.507 e. The summed E-state index contributed by atoms with van der Waals surface area (Å²) in [5, 5.41) is 10.3. The predicted molar refractivity (Wildman–Crippen MR) is 128 cm³/mol. The standard InChI is InChI=1S/C27H29NO4/c1-3-5-6-20-7-12-23(13-8-20)28-19-22-11-16-25(18-26(22)29)32-27(30)21-9-14-24(15-10-21)31-17-4-2/h7-16,18-19,29H,3-6,17H2,1-2H3. The summed E-state index contributed by atoms with van der Waals surface area (Å²) in [5.74, 6) is 0.453. The van der Waals surface area contributed by atoms with Crippen molar-refractivity contribution in [3.63, 3.8) is 0 Å². The zero-order valence-electron chi connectivity index (χ0n) is 18.6. The van der Waals surface area contributed by atoms with Crippen LogP contribution >= 0.6 is 0 Å². The van der Waals surface area contributed by atoms with Crippen LogP contribution < -0.4 is 9.47 Å². The maximum atomic E-state index is 12.4. The Bertz CT molecular complexity index is 1040. The van der Waals surface area contributed by atoms with Gasteiger partial charge in [-0.25, -0.2) is 4.79 Å². The summed E-state index contributed by atoms with van der Waals surface area (Å²) < 4.78 is 10.9. The summed E-state index contributed by atoms with van der Waals surface area (Å²) in [6, 6.07) is 19.6. The number of esters is 1. The summed E-state index contributed by atoms with van der Waals surface area (Å²) in [6.07, 6.45) is 5.92. The highest BCUT2D eigenvalue weighted by atomic mass is 16.5. The number of phenolic OH excluding ortho intramolecular Hbond substituents is 1. The number of rotatable bonds is 10. The normalized spacial score (nSPS) is 10.9. The van der Waals surface area contributed by atoms with E-state index in [1.165, 1.54) is 24.5 Å². The number of ether oxygens (including phenoxy) is 2. The van der Waals surface area contributed by atoms with Crippen LogP contribution in [0.1, 0.15) is 54.6 Å². The summed E-state index contributed by atoms with van der Waals surface area (Å²) in [6.45, 7) is 4.84. The molecule has 0 spiro atoms. The number of carbonyl (C=O) groups is 1. The molecule has 0 bridgehead atoms. The number of aromatic hydroxyl groups is 1. The van der Waals surface area contributed by atoms with Gasteiger partial charge in [0.2, 0.25) is 0 Å². The molecule has 0 aliphatic carbocycles. The van der Waals surface area contributed by atoms with Crippen molar-refractivity contribution in [1.29, 1.82) is 0 Å². The number of hydrogen-bond acceptors (Lipinski definition) is 5. The van der Waals surface area contributed by atoms with E-state index in [4.69, 9.17) is 9.47 Å². The highest BCUT2D eigenvalue weighted by molar-refractivity contribution is 5.91. The van der Waals surface area contributed by atoms with Crippen LogP contribution in [0.3, 0.4) is 0 Å². The van der Waals surface area contributed by atoms with E-state index >= 15 is 0 Å². The Morgan fingerprint density at radius 3 is 2.31 bits per heavy atom. The van der Waals surface area contributed by atoms with Gasteiger partial charge in [0.15, 0.2) is 0 Å². The molecular formula is C27H29NO4. The molecule has 0 heterocycles. The maximum Gasteiger partial charge on any atom is 0.343 e. The van der Waals surface area contributed by atoms with Crippen molar-refractivity contribution in [2.75, 3.05) is 6.61 Å². The third kappa shape index (κ3) is 6.71. The molecule has 0 aliphatic heterocycles. The van der Waals surface area contributed by atoms with Crippen LogP contribution in [0.25, 0.3) is 0 Å². The van der Waals surface area contributed by atoms with Crippen LogP contribution in [0.4, 0.5) is 5.69 Å². The second kappa shape index (κ2) is 11.7. The number of aryl methyl sites for hydroxylation is 1. The maximum absolute atomic E-state index is 12.4. The molecule has 0 unspecified atom stereocenters. The molecule has 5 heteroatoms. The number of carbonyl (C=O) groups excluding carboxylic acids is 1. The van der Waals surface area contributed by atoms with Crippen molar-refractivity contribution in [1.82, 2.24) is 0 Å². The Labute approximate surface area is 189 Å². The molecule has 166 valence electrons. The number of benzene rings is 3. The van der Waals surface area contributed by atoms with E-state index in [1.54, 1.807) is 42.6 Å². The molecule has 5 nitrogen and oxygen atoms in total. The fourth-order valence-electron chi connectivity index (χ4n) is 3.04. The molecule has 32 heavy (non-hydrogen) atoms. The van der Waals surface area contributed by atoms with Gasteiger partial charge >= 0.3 is 5.97 Å². The van der Waals surface area contributed by atoms with E-state index in [1.807, 2.05) is 19.1 Å². The Hall–Kier alpha value is -3.60. The SMILES string of the molecule is CCCCc1ccc(N=Cc2ccc(OC(=O)c3ccc(OCCC)cc3)cc2O)cc1. The Kier molecular flexibility index (Phi) is 8.44. The van der Waals surface area contributed by atoms with E-state index in [0.29, 0.717) is 23.5 Å². The molecule has 0 amide bonds. The van der Waals surface area contributed by atoms with E-state index < -0.39 is 5.97 Å². The predicted octanol–water partition coefficient (Wildman–Crippen LogP) is 6.49. The number of hydrogen-bond donors (Lipinski definition) is 1. The smallest absolute Gasteiger partial charge is 0.343 e. The summed E-state index contributed by atoms with van der Waals surface area (Å²) in [7, 11) is 0. The molecule has 3 aromatic rings. The second-order valence-corrected chi connectivity index (χ2v) is 7.51. The molecule has 0 saturated heterocycles. The van der Waals surface area contributed by atoms with Crippen molar-refractivity contribution in [3.8, 4) is 17.2 Å². The van der Waals surface area contributed by atoms with Crippen LogP contribution in [0, 0.1) is 0 Å². The van der Waals surface area contributed by atoms with Gasteiger partial charge < -0.3 is 14.6 Å². The number of aliphatic imine (C=N–C) groups is 1. The van der Waals surface area contributed by atoms with E-state index in [9.17, 15) is 9.90 Å². The van der Waals surface area contributed by atoms with Gasteiger partial charge in [-0.1, -0.05) is 32.4 Å². The van der Waals surface area contributed by atoms with Crippen LogP contribution in [0.15, 0.2) is 71.7 Å². The first-order chi connectivity index (χ1) is 15.6. The van der Waals surface area contributed by atoms with Gasteiger partial charge in [-0.3, -0.25) is 4.99 Å². The lowest BCUT2D eigenvalue weighted by atomic mass is 10.1. The summed E-state index contributed by atoms with van der Waals surface area (Å²) in [4.78, 5) is 16.8. The molecular weight excluding hydrogens is 402 g/mol. The molecule has 3 rings (SSSR count). The lowest BCUT2D eigenvalue weighted by molar-refractivity contribution is 0.0734. The van der Waals surface area contributed by atoms with Gasteiger partial charge in [0.25, 0.3) is 0 Å². The first-order valence-corrected chi connectivity index (χ1v) is 11.0. The molecule has 0 fully saturated rings. The highest BCUT2D eigenvalue weighted by Crippen LogP contribution is 2.24. The van der Waals surface area contributed by atoms with Gasteiger partial charge in [0.1, 0.15) is 17.2 Å². The van der Waals surface area contributed by atoms with Crippen LogP contribution in [-0.4, -0.2) is 23.9 Å². The van der Waals surface area contributed by atoms with Gasteiger partial charge in [0, 0.05) is 17.8 Å². The minimum atomic E-state index is -0.504. The molecule has 0 aliphatic rings. The fraction of sp³-hybridized carbons (Fsp3) is 0.259. The van der Waals surface area contributed by atoms with E-state index in [-0.39, 0.29) is 11.5 Å². The minimum Gasteiger partial charge on any atom is -0.507 e. The quantitative estimate of drug-likeness (QED) is 0.226. The van der Waals surface area contributed by atoms with Crippen molar-refractivity contribution in [2.24, 2.45) is 4.99 Å². The first-order valence-electron chi connectivity index (χ1n) is 11.0. The van der Waals surface area contributed by atoms with Gasteiger partial charge in [-0.15, -0.1) is 0 Å². The van der Waals surface area contributed by atoms with Crippen molar-refractivity contribution >= 4 is 17.9 Å². The third-order valence-electron chi connectivity index (χ3n) is 4.88. The average molecular weight is 432 g/mol. The molecule has 0 radical (unpaired) electrons. The lowest BCUT2D eigenvalue weighted by Gasteiger charge is -2.08. The van der Waals surface area contributed by atoms with Gasteiger partial charge in [0.05, 0.1) is 17.9 Å². The Morgan fingerprint density at radius 1 is 0.938 bits per heavy atom. The number of unbranched alkanes of at least 4 members (excludes halogenated alkanes) is 1. The van der Waals surface area contributed by atoms with Crippen LogP contribution in [0.2, 0.25) is 0 Å². The second-order valence-electron chi connectivity index (χ2n) is 7.51. The number of nitrogens with zero attached hydrogens (tertiary/aromatic N) is 1. The van der Waals surface area contributed by atoms with E-state index in [0.717, 1.165) is 18.5 Å². The first kappa shape index (κ1) is 23.1. The van der Waals surface area contributed by atoms with Gasteiger partial charge in [-0.2, -0.15) is 0 Å². The molecule has 0 atom stereocenters. The monoisotopic (exact) mass is 431 g/mol. The lowest BCUT2D eigenvalue weighted by Crippen LogP contribution is -2.08.